The molecule has 1 aliphatic heterocycles. The molecule has 0 unspecified atom stereocenters. The van der Waals surface area contributed by atoms with E-state index in [1.165, 1.54) is 11.3 Å². The van der Waals surface area contributed by atoms with Gasteiger partial charge in [0.2, 0.25) is 10.0 Å². The van der Waals surface area contributed by atoms with Gasteiger partial charge in [0.15, 0.2) is 0 Å². The Labute approximate surface area is 197 Å². The molecule has 0 spiro atoms. The number of aromatic nitrogens is 1. The van der Waals surface area contributed by atoms with E-state index in [0.717, 1.165) is 16.1 Å². The van der Waals surface area contributed by atoms with E-state index in [2.05, 4.69) is 10.3 Å². The van der Waals surface area contributed by atoms with Crippen molar-refractivity contribution in [1.29, 1.82) is 0 Å². The van der Waals surface area contributed by atoms with Crippen LogP contribution in [0.1, 0.15) is 41.2 Å². The van der Waals surface area contributed by atoms with Crippen molar-refractivity contribution in [3.8, 4) is 11.1 Å². The number of hydrogen-bond acceptors (Lipinski definition) is 5. The normalized spacial score (nSPS) is 15.6. The summed E-state index contributed by atoms with van der Waals surface area (Å²) in [5.74, 6) is 0.0302. The third-order valence-electron chi connectivity index (χ3n) is 5.65. The van der Waals surface area contributed by atoms with Gasteiger partial charge in [-0.3, -0.25) is 4.79 Å². The molecule has 0 atom stereocenters. The topological polar surface area (TPSA) is 79.4 Å². The van der Waals surface area contributed by atoms with Crippen molar-refractivity contribution in [3.05, 3.63) is 69.6 Å². The second-order valence-corrected chi connectivity index (χ2v) is 11.2. The number of piperidine rings is 1. The Kier molecular flexibility index (Phi) is 6.95. The first-order chi connectivity index (χ1) is 15.4. The third-order valence-corrected chi connectivity index (χ3v) is 8.79. The van der Waals surface area contributed by atoms with Crippen molar-refractivity contribution < 1.29 is 13.2 Å². The zero-order valence-corrected chi connectivity index (χ0v) is 20.0. The average molecular weight is 490 g/mol. The van der Waals surface area contributed by atoms with Crippen LogP contribution in [0.2, 0.25) is 5.02 Å². The summed E-state index contributed by atoms with van der Waals surface area (Å²) in [5.41, 5.74) is 2.93. The van der Waals surface area contributed by atoms with E-state index in [4.69, 9.17) is 11.6 Å². The Balaban J connectivity index is 1.45. The number of nitrogens with zero attached hydrogens (tertiary/aromatic N) is 2. The van der Waals surface area contributed by atoms with E-state index >= 15 is 0 Å². The van der Waals surface area contributed by atoms with Crippen LogP contribution in [0.3, 0.4) is 0 Å². The molecule has 0 saturated carbocycles. The highest BCUT2D eigenvalue weighted by Gasteiger charge is 2.29. The lowest BCUT2D eigenvalue weighted by Crippen LogP contribution is -2.38. The molecule has 9 heteroatoms. The minimum atomic E-state index is -3.15. The Morgan fingerprint density at radius 2 is 1.84 bits per heavy atom. The summed E-state index contributed by atoms with van der Waals surface area (Å²) in [6, 6.07) is 15.1. The molecule has 1 N–H and O–H groups in total. The molecule has 1 amide bonds. The number of rotatable bonds is 6. The molecule has 0 radical (unpaired) electrons. The van der Waals surface area contributed by atoms with Gasteiger partial charge in [0, 0.05) is 40.7 Å². The summed E-state index contributed by atoms with van der Waals surface area (Å²) in [4.78, 5) is 17.5. The van der Waals surface area contributed by atoms with Crippen LogP contribution in [0.5, 0.6) is 0 Å². The monoisotopic (exact) mass is 489 g/mol. The maximum atomic E-state index is 12.9. The van der Waals surface area contributed by atoms with E-state index in [1.54, 1.807) is 16.6 Å². The standard InChI is InChI=1S/C23H24ClN3O3S2/c1-2-32(29,30)27-13-11-17(12-14-27)23-26-21(15-31-23)22(28)25-20-6-4-3-5-19(20)16-7-9-18(24)10-8-16/h3-10,15,17H,2,11-14H2,1H3,(H,25,28). The highest BCUT2D eigenvalue weighted by molar-refractivity contribution is 7.89. The number of para-hydroxylation sites is 1. The second kappa shape index (κ2) is 9.70. The van der Waals surface area contributed by atoms with Gasteiger partial charge in [-0.05, 0) is 43.5 Å². The molecule has 0 aliphatic carbocycles. The van der Waals surface area contributed by atoms with Crippen LogP contribution < -0.4 is 5.32 Å². The van der Waals surface area contributed by atoms with Gasteiger partial charge in [-0.25, -0.2) is 17.7 Å². The molecule has 2 heterocycles. The zero-order chi connectivity index (χ0) is 22.7. The largest absolute Gasteiger partial charge is 0.320 e. The fraction of sp³-hybridized carbons (Fsp3) is 0.304. The number of hydrogen-bond donors (Lipinski definition) is 1. The second-order valence-electron chi connectivity index (χ2n) is 7.65. The molecule has 0 bridgehead atoms. The predicted molar refractivity (Wildman–Crippen MR) is 130 cm³/mol. The lowest BCUT2D eigenvalue weighted by atomic mass is 9.99. The van der Waals surface area contributed by atoms with Crippen LogP contribution in [0.25, 0.3) is 11.1 Å². The first-order valence-corrected chi connectivity index (χ1v) is 13.3. The quantitative estimate of drug-likeness (QED) is 0.513. The van der Waals surface area contributed by atoms with Gasteiger partial charge in [0.05, 0.1) is 10.8 Å². The van der Waals surface area contributed by atoms with Crippen molar-refractivity contribution in [2.45, 2.75) is 25.7 Å². The van der Waals surface area contributed by atoms with Gasteiger partial charge in [-0.1, -0.05) is 41.9 Å². The fourth-order valence-corrected chi connectivity index (χ4v) is 6.03. The Morgan fingerprint density at radius 1 is 1.16 bits per heavy atom. The summed E-state index contributed by atoms with van der Waals surface area (Å²) in [6.07, 6.45) is 1.43. The summed E-state index contributed by atoms with van der Waals surface area (Å²) in [6.45, 7) is 2.66. The van der Waals surface area contributed by atoms with Crippen LogP contribution in [-0.2, 0) is 10.0 Å². The molecule has 1 fully saturated rings. The number of amides is 1. The van der Waals surface area contributed by atoms with Crippen LogP contribution in [-0.4, -0.2) is 42.5 Å². The SMILES string of the molecule is CCS(=O)(=O)N1CCC(c2nc(C(=O)Nc3ccccc3-c3ccc(Cl)cc3)cs2)CC1. The van der Waals surface area contributed by atoms with Gasteiger partial charge in [-0.2, -0.15) is 0 Å². The Hall–Kier alpha value is -2.26. The van der Waals surface area contributed by atoms with Gasteiger partial charge in [-0.15, -0.1) is 11.3 Å². The molecular weight excluding hydrogens is 466 g/mol. The summed E-state index contributed by atoms with van der Waals surface area (Å²) < 4.78 is 25.7. The maximum absolute atomic E-state index is 12.9. The minimum absolute atomic E-state index is 0.122. The van der Waals surface area contributed by atoms with Crippen molar-refractivity contribution >= 4 is 44.6 Å². The number of carbonyl (C=O) groups is 1. The van der Waals surface area contributed by atoms with E-state index in [0.29, 0.717) is 42.3 Å². The molecule has 1 aromatic heterocycles. The number of benzene rings is 2. The van der Waals surface area contributed by atoms with Crippen LogP contribution in [0, 0.1) is 0 Å². The number of anilines is 1. The van der Waals surface area contributed by atoms with Gasteiger partial charge in [0.25, 0.3) is 5.91 Å². The first kappa shape index (κ1) is 22.9. The van der Waals surface area contributed by atoms with Gasteiger partial charge >= 0.3 is 0 Å². The molecule has 3 aromatic rings. The third kappa shape index (κ3) is 5.04. The fourth-order valence-electron chi connectivity index (χ4n) is 3.80. The van der Waals surface area contributed by atoms with Gasteiger partial charge in [0.1, 0.15) is 5.69 Å². The Morgan fingerprint density at radius 3 is 2.53 bits per heavy atom. The Bertz CT molecular complexity index is 1200. The first-order valence-electron chi connectivity index (χ1n) is 10.5. The van der Waals surface area contributed by atoms with E-state index < -0.39 is 10.0 Å². The average Bonchev–Trinajstić information content (AvgIpc) is 3.31. The molecular formula is C23H24ClN3O3S2. The van der Waals surface area contributed by atoms with Crippen LogP contribution >= 0.6 is 22.9 Å². The lowest BCUT2D eigenvalue weighted by Gasteiger charge is -2.29. The molecule has 1 aliphatic rings. The van der Waals surface area contributed by atoms with Crippen LogP contribution in [0.4, 0.5) is 5.69 Å². The predicted octanol–water partition coefficient (Wildman–Crippen LogP) is 5.24. The molecule has 2 aromatic carbocycles. The molecule has 32 heavy (non-hydrogen) atoms. The molecule has 1 saturated heterocycles. The van der Waals surface area contributed by atoms with E-state index in [-0.39, 0.29) is 17.6 Å². The number of sulfonamides is 1. The van der Waals surface area contributed by atoms with Crippen molar-refractivity contribution in [2.75, 3.05) is 24.2 Å². The number of halogens is 1. The van der Waals surface area contributed by atoms with Gasteiger partial charge < -0.3 is 5.32 Å². The number of thiazole rings is 1. The smallest absolute Gasteiger partial charge is 0.275 e. The lowest BCUT2D eigenvalue weighted by molar-refractivity contribution is 0.102. The minimum Gasteiger partial charge on any atom is -0.320 e. The number of carbonyl (C=O) groups excluding carboxylic acids is 1. The van der Waals surface area contributed by atoms with Crippen molar-refractivity contribution in [2.24, 2.45) is 0 Å². The van der Waals surface area contributed by atoms with E-state index in [1.807, 2.05) is 48.5 Å². The molecule has 6 nitrogen and oxygen atoms in total. The van der Waals surface area contributed by atoms with Crippen molar-refractivity contribution in [1.82, 2.24) is 9.29 Å². The maximum Gasteiger partial charge on any atom is 0.275 e. The number of nitrogens with one attached hydrogen (secondary N) is 1. The van der Waals surface area contributed by atoms with Crippen molar-refractivity contribution in [3.63, 3.8) is 0 Å². The van der Waals surface area contributed by atoms with Crippen LogP contribution in [0.15, 0.2) is 53.9 Å². The highest BCUT2D eigenvalue weighted by atomic mass is 35.5. The molecule has 4 rings (SSSR count). The zero-order valence-electron chi connectivity index (χ0n) is 17.6. The summed E-state index contributed by atoms with van der Waals surface area (Å²) in [5, 5.41) is 6.28. The highest BCUT2D eigenvalue weighted by Crippen LogP contribution is 2.32. The van der Waals surface area contributed by atoms with E-state index in [9.17, 15) is 13.2 Å². The molecule has 168 valence electrons. The summed E-state index contributed by atoms with van der Waals surface area (Å²) >= 11 is 7.45. The summed E-state index contributed by atoms with van der Waals surface area (Å²) in [7, 11) is -3.15.